The van der Waals surface area contributed by atoms with Gasteiger partial charge < -0.3 is 4.90 Å². The molecule has 0 saturated heterocycles. The van der Waals surface area contributed by atoms with Gasteiger partial charge >= 0.3 is 0 Å². The molecule has 0 bridgehead atoms. The quantitative estimate of drug-likeness (QED) is 0.788. The fraction of sp³-hybridized carbons (Fsp3) is 0.400. The van der Waals surface area contributed by atoms with Gasteiger partial charge in [0.2, 0.25) is 0 Å². The normalized spacial score (nSPS) is 10.7. The maximum absolute atomic E-state index is 12.5. The number of aryl methyl sites for hydroxylation is 2. The second-order valence-electron chi connectivity index (χ2n) is 4.94. The zero-order valence-corrected chi connectivity index (χ0v) is 14.0. The van der Waals surface area contributed by atoms with E-state index in [9.17, 15) is 4.79 Å². The fourth-order valence-corrected chi connectivity index (χ4v) is 3.10. The Bertz CT molecular complexity index is 642. The van der Waals surface area contributed by atoms with E-state index in [1.165, 1.54) is 0 Å². The molecule has 6 heteroatoms. The smallest absolute Gasteiger partial charge is 0.254 e. The third-order valence-corrected chi connectivity index (χ3v) is 4.29. The lowest BCUT2D eigenvalue weighted by molar-refractivity contribution is 0.0786. The molecule has 0 aliphatic rings. The second-order valence-corrected chi connectivity index (χ2v) is 6.27. The van der Waals surface area contributed by atoms with Crippen molar-refractivity contribution < 1.29 is 4.79 Å². The number of thiazole rings is 1. The van der Waals surface area contributed by atoms with Crippen molar-refractivity contribution in [2.24, 2.45) is 0 Å². The number of nitrogens with zero attached hydrogens (tertiary/aromatic N) is 3. The van der Waals surface area contributed by atoms with Crippen LogP contribution in [-0.2, 0) is 13.0 Å². The second kappa shape index (κ2) is 7.00. The van der Waals surface area contributed by atoms with Crippen LogP contribution < -0.4 is 0 Å². The van der Waals surface area contributed by atoms with Crippen LogP contribution in [0.4, 0.5) is 0 Å². The average molecular weight is 324 g/mol. The van der Waals surface area contributed by atoms with Crippen LogP contribution in [0.25, 0.3) is 0 Å². The summed E-state index contributed by atoms with van der Waals surface area (Å²) in [5.74, 6) is -0.0514. The first-order chi connectivity index (χ1) is 10.0. The van der Waals surface area contributed by atoms with Crippen molar-refractivity contribution in [2.75, 3.05) is 7.05 Å². The van der Waals surface area contributed by atoms with E-state index in [1.807, 2.05) is 13.0 Å². The number of pyridine rings is 1. The van der Waals surface area contributed by atoms with Crippen molar-refractivity contribution in [3.8, 4) is 0 Å². The molecule has 112 valence electrons. The van der Waals surface area contributed by atoms with Gasteiger partial charge in [-0.25, -0.2) is 9.97 Å². The van der Waals surface area contributed by atoms with E-state index in [4.69, 9.17) is 11.6 Å². The van der Waals surface area contributed by atoms with Gasteiger partial charge in [0.15, 0.2) is 0 Å². The molecule has 2 rings (SSSR count). The Balaban J connectivity index is 2.17. The summed E-state index contributed by atoms with van der Waals surface area (Å²) in [6.45, 7) is 4.58. The number of hydrogen-bond donors (Lipinski definition) is 0. The van der Waals surface area contributed by atoms with Crippen molar-refractivity contribution in [2.45, 2.75) is 33.2 Å². The van der Waals surface area contributed by atoms with Gasteiger partial charge in [-0.1, -0.05) is 24.9 Å². The van der Waals surface area contributed by atoms with E-state index in [2.05, 4.69) is 16.9 Å². The Hall–Kier alpha value is -1.46. The Kier molecular flexibility index (Phi) is 5.31. The third kappa shape index (κ3) is 4.02. The zero-order valence-electron chi connectivity index (χ0n) is 12.4. The molecular weight excluding hydrogens is 306 g/mol. The van der Waals surface area contributed by atoms with Crippen molar-refractivity contribution in [1.82, 2.24) is 14.9 Å². The summed E-state index contributed by atoms with van der Waals surface area (Å²) in [4.78, 5) is 23.7. The number of carbonyl (C=O) groups excluding carboxylic acids is 1. The Morgan fingerprint density at radius 3 is 2.81 bits per heavy atom. The van der Waals surface area contributed by atoms with Crippen LogP contribution >= 0.6 is 22.9 Å². The van der Waals surface area contributed by atoms with Crippen LogP contribution in [0.1, 0.15) is 40.0 Å². The molecule has 0 aliphatic heterocycles. The molecule has 0 fully saturated rings. The molecular formula is C15H18ClN3OS. The molecule has 2 aromatic rings. The van der Waals surface area contributed by atoms with E-state index in [0.29, 0.717) is 17.3 Å². The first-order valence-corrected chi connectivity index (χ1v) is 8.08. The van der Waals surface area contributed by atoms with Gasteiger partial charge in [0.05, 0.1) is 17.7 Å². The van der Waals surface area contributed by atoms with Crippen LogP contribution in [0.2, 0.25) is 5.15 Å². The summed E-state index contributed by atoms with van der Waals surface area (Å²) in [5, 5.41) is 0.367. The molecule has 0 aliphatic carbocycles. The van der Waals surface area contributed by atoms with Gasteiger partial charge in [-0.2, -0.15) is 0 Å². The molecule has 0 aromatic carbocycles. The van der Waals surface area contributed by atoms with Crippen molar-refractivity contribution in [3.05, 3.63) is 44.6 Å². The Morgan fingerprint density at radius 2 is 2.19 bits per heavy atom. The lowest BCUT2D eigenvalue weighted by atomic mass is 10.1. The summed E-state index contributed by atoms with van der Waals surface area (Å²) in [6.07, 6.45) is 1.79. The summed E-state index contributed by atoms with van der Waals surface area (Å²) in [7, 11) is 1.79. The van der Waals surface area contributed by atoms with Gasteiger partial charge in [0.1, 0.15) is 5.15 Å². The van der Waals surface area contributed by atoms with Crippen LogP contribution in [0.15, 0.2) is 17.6 Å². The minimum Gasteiger partial charge on any atom is -0.336 e. The number of amides is 1. The first-order valence-electron chi connectivity index (χ1n) is 6.82. The topological polar surface area (TPSA) is 46.1 Å². The predicted octanol–water partition coefficient (Wildman–Crippen LogP) is 3.72. The molecule has 2 heterocycles. The first kappa shape index (κ1) is 15.9. The van der Waals surface area contributed by atoms with E-state index >= 15 is 0 Å². The van der Waals surface area contributed by atoms with E-state index in [1.54, 1.807) is 34.9 Å². The van der Waals surface area contributed by atoms with Gasteiger partial charge in [-0.3, -0.25) is 4.79 Å². The predicted molar refractivity (Wildman–Crippen MR) is 85.9 cm³/mol. The maximum atomic E-state index is 12.5. The molecule has 0 saturated carbocycles. The minimum atomic E-state index is -0.0514. The highest BCUT2D eigenvalue weighted by atomic mass is 35.5. The summed E-state index contributed by atoms with van der Waals surface area (Å²) >= 11 is 7.57. The molecule has 2 aromatic heterocycles. The SMILES string of the molecule is CCCc1cc(C(=O)N(C)Cc2scnc2C)cc(Cl)n1. The van der Waals surface area contributed by atoms with Crippen molar-refractivity contribution in [1.29, 1.82) is 0 Å². The molecule has 21 heavy (non-hydrogen) atoms. The lowest BCUT2D eigenvalue weighted by Crippen LogP contribution is -2.26. The fourth-order valence-electron chi connectivity index (χ4n) is 2.04. The number of rotatable bonds is 5. The minimum absolute atomic E-state index is 0.0514. The molecule has 0 radical (unpaired) electrons. The van der Waals surface area contributed by atoms with Gasteiger partial charge in [0, 0.05) is 23.2 Å². The van der Waals surface area contributed by atoms with E-state index in [0.717, 1.165) is 29.1 Å². The maximum Gasteiger partial charge on any atom is 0.254 e. The highest BCUT2D eigenvalue weighted by Gasteiger charge is 2.15. The molecule has 0 atom stereocenters. The van der Waals surface area contributed by atoms with E-state index in [-0.39, 0.29) is 5.91 Å². The van der Waals surface area contributed by atoms with Gasteiger partial charge in [-0.05, 0) is 25.5 Å². The largest absolute Gasteiger partial charge is 0.336 e. The van der Waals surface area contributed by atoms with Crippen LogP contribution in [0.3, 0.4) is 0 Å². The zero-order chi connectivity index (χ0) is 15.4. The lowest BCUT2D eigenvalue weighted by Gasteiger charge is -2.17. The van der Waals surface area contributed by atoms with E-state index < -0.39 is 0 Å². The van der Waals surface area contributed by atoms with Crippen molar-refractivity contribution >= 4 is 28.8 Å². The van der Waals surface area contributed by atoms with Crippen LogP contribution in [-0.4, -0.2) is 27.8 Å². The van der Waals surface area contributed by atoms with Crippen molar-refractivity contribution in [3.63, 3.8) is 0 Å². The molecule has 0 N–H and O–H groups in total. The van der Waals surface area contributed by atoms with Crippen LogP contribution in [0.5, 0.6) is 0 Å². The average Bonchev–Trinajstić information content (AvgIpc) is 2.83. The molecule has 0 unspecified atom stereocenters. The number of hydrogen-bond acceptors (Lipinski definition) is 4. The highest BCUT2D eigenvalue weighted by Crippen LogP contribution is 2.18. The third-order valence-electron chi connectivity index (χ3n) is 3.17. The highest BCUT2D eigenvalue weighted by molar-refractivity contribution is 7.09. The molecule has 4 nitrogen and oxygen atoms in total. The Labute approximate surface area is 133 Å². The summed E-state index contributed by atoms with van der Waals surface area (Å²) in [5.41, 5.74) is 4.21. The number of aromatic nitrogens is 2. The van der Waals surface area contributed by atoms with Gasteiger partial charge in [0.25, 0.3) is 5.91 Å². The number of carbonyl (C=O) groups is 1. The molecule has 1 amide bonds. The Morgan fingerprint density at radius 1 is 1.43 bits per heavy atom. The standard InChI is InChI=1S/C15H18ClN3OS/c1-4-5-12-6-11(7-14(16)18-12)15(20)19(3)8-13-10(2)17-9-21-13/h6-7,9H,4-5,8H2,1-3H3. The molecule has 0 spiro atoms. The van der Waals surface area contributed by atoms with Crippen LogP contribution in [0, 0.1) is 6.92 Å². The van der Waals surface area contributed by atoms with Gasteiger partial charge in [-0.15, -0.1) is 11.3 Å². The monoisotopic (exact) mass is 323 g/mol. The summed E-state index contributed by atoms with van der Waals surface area (Å²) < 4.78 is 0. The summed E-state index contributed by atoms with van der Waals surface area (Å²) in [6, 6.07) is 3.45. The number of halogens is 1.